The fraction of sp³-hybridized carbons (Fsp3) is 1.00. The van der Waals surface area contributed by atoms with Crippen molar-refractivity contribution in [3.63, 3.8) is 0 Å². The average Bonchev–Trinajstić information content (AvgIpc) is 1.35. The van der Waals surface area contributed by atoms with Gasteiger partial charge >= 0.3 is 0 Å². The predicted octanol–water partition coefficient (Wildman–Crippen LogP) is 2.18. The molecule has 7 heavy (non-hydrogen) atoms. The number of hydrogen-bond donors (Lipinski definition) is 0. The Morgan fingerprint density at radius 1 is 1.57 bits per heavy atom. The summed E-state index contributed by atoms with van der Waals surface area (Å²) < 4.78 is 10.7. The van der Waals surface area contributed by atoms with Crippen molar-refractivity contribution in [2.24, 2.45) is 5.92 Å². The van der Waals surface area contributed by atoms with Gasteiger partial charge in [0.05, 0.1) is 6.61 Å². The van der Waals surface area contributed by atoms with E-state index in [1.165, 1.54) is 0 Å². The lowest BCUT2D eigenvalue weighted by Crippen LogP contribution is -1.93. The van der Waals surface area contributed by atoms with Crippen LogP contribution in [-0.4, -0.2) is 6.61 Å². The van der Waals surface area contributed by atoms with Crippen molar-refractivity contribution in [2.75, 3.05) is 6.61 Å². The molecule has 0 saturated carbocycles. The van der Waals surface area contributed by atoms with Crippen LogP contribution < -0.4 is 0 Å². The summed E-state index contributed by atoms with van der Waals surface area (Å²) in [6, 6.07) is 0. The largest absolute Gasteiger partial charge is 0.194 e. The van der Waals surface area contributed by atoms with E-state index in [1.54, 1.807) is 0 Å². The Labute approximate surface area is 44.4 Å². The summed E-state index contributed by atoms with van der Waals surface area (Å²) >= 11 is 0. The summed E-state index contributed by atoms with van der Waals surface area (Å²) in [5, 5.41) is 0. The monoisotopic (exact) mass is 108 g/mol. The van der Waals surface area contributed by atoms with Crippen LogP contribution in [0.3, 0.4) is 0 Å². The van der Waals surface area contributed by atoms with E-state index in [0.29, 0.717) is 5.92 Å². The minimum Gasteiger partial charge on any atom is -0.194 e. The first kappa shape index (κ1) is 10.00. The van der Waals surface area contributed by atoms with Crippen LogP contribution in [0.15, 0.2) is 0 Å². The minimum absolute atomic E-state index is 0. The highest BCUT2D eigenvalue weighted by Crippen LogP contribution is 1.90. The van der Waals surface area contributed by atoms with Gasteiger partial charge in [-0.05, 0) is 10.4 Å². The van der Waals surface area contributed by atoms with Gasteiger partial charge in [-0.2, -0.15) is 4.94 Å². The maximum absolute atomic E-state index is 10.7. The van der Waals surface area contributed by atoms with E-state index >= 15 is 0 Å². The molecule has 0 aliphatic rings. The smallest absolute Gasteiger partial charge is 0.0899 e. The van der Waals surface area contributed by atoms with Crippen LogP contribution in [0.5, 0.6) is 0 Å². The third-order valence-corrected chi connectivity index (χ3v) is 0.396. The molecule has 0 radical (unpaired) electrons. The minimum atomic E-state index is 0. The van der Waals surface area contributed by atoms with Gasteiger partial charge in [-0.25, -0.2) is 0 Å². The molecule has 0 N–H and O–H groups in total. The van der Waals surface area contributed by atoms with Crippen LogP contribution in [0.25, 0.3) is 0 Å². The quantitative estimate of drug-likeness (QED) is 0.526. The van der Waals surface area contributed by atoms with Crippen LogP contribution >= 0.6 is 0 Å². The fourth-order valence-electron chi connectivity index (χ4n) is 0.126. The van der Waals surface area contributed by atoms with Gasteiger partial charge in [0.2, 0.25) is 0 Å². The summed E-state index contributed by atoms with van der Waals surface area (Å²) in [6.45, 7) is 3.99. The van der Waals surface area contributed by atoms with Gasteiger partial charge < -0.3 is 0 Å². The summed E-state index contributed by atoms with van der Waals surface area (Å²) in [6.07, 6.45) is 0. The van der Waals surface area contributed by atoms with E-state index in [9.17, 15) is 4.53 Å². The normalized spacial score (nSPS) is 8.57. The van der Waals surface area contributed by atoms with Crippen LogP contribution in [0.2, 0.25) is 0 Å². The lowest BCUT2D eigenvalue weighted by atomic mass is 10.2. The molecule has 0 heterocycles. The molecule has 0 aliphatic heterocycles. The van der Waals surface area contributed by atoms with Crippen molar-refractivity contribution in [1.29, 1.82) is 0 Å². The molecule has 0 spiro atoms. The SMILES string of the molecule is C.CC(C)COF. The summed E-state index contributed by atoms with van der Waals surface area (Å²) in [5.41, 5.74) is 0. The molecule has 0 aliphatic carbocycles. The fourth-order valence-corrected chi connectivity index (χ4v) is 0.126. The molecular formula is C5H13FO. The molecule has 0 aromatic heterocycles. The third-order valence-electron chi connectivity index (χ3n) is 0.396. The molecule has 0 rings (SSSR count). The highest BCUT2D eigenvalue weighted by molar-refractivity contribution is 4.33. The number of hydrogen-bond acceptors (Lipinski definition) is 1. The van der Waals surface area contributed by atoms with Crippen molar-refractivity contribution in [1.82, 2.24) is 0 Å². The Kier molecular flexibility index (Phi) is 8.41. The molecule has 0 amide bonds. The molecule has 0 saturated heterocycles. The lowest BCUT2D eigenvalue weighted by Gasteiger charge is -1.93. The second-order valence-corrected chi connectivity index (χ2v) is 1.67. The van der Waals surface area contributed by atoms with Gasteiger partial charge in [0.25, 0.3) is 0 Å². The zero-order chi connectivity index (χ0) is 4.99. The zero-order valence-electron chi connectivity index (χ0n) is 4.07. The van der Waals surface area contributed by atoms with Crippen molar-refractivity contribution in [3.8, 4) is 0 Å². The summed E-state index contributed by atoms with van der Waals surface area (Å²) in [5.74, 6) is 0.301. The molecule has 1 nitrogen and oxygen atoms in total. The van der Waals surface area contributed by atoms with Crippen LogP contribution in [0, 0.1) is 5.92 Å². The molecule has 0 bridgehead atoms. The van der Waals surface area contributed by atoms with Gasteiger partial charge in [-0.1, -0.05) is 21.3 Å². The number of rotatable bonds is 2. The van der Waals surface area contributed by atoms with Crippen molar-refractivity contribution in [2.45, 2.75) is 21.3 Å². The standard InChI is InChI=1S/C4H9FO.CH4/c1-4(2)3-6-5;/h4H,3H2,1-2H3;1H4. The molecule has 0 aromatic rings. The van der Waals surface area contributed by atoms with Crippen molar-refractivity contribution >= 4 is 0 Å². The van der Waals surface area contributed by atoms with E-state index in [2.05, 4.69) is 4.94 Å². The second-order valence-electron chi connectivity index (χ2n) is 1.67. The lowest BCUT2D eigenvalue weighted by molar-refractivity contribution is -0.141. The Hall–Kier alpha value is -0.110. The topological polar surface area (TPSA) is 9.23 Å². The van der Waals surface area contributed by atoms with Gasteiger partial charge in [0.15, 0.2) is 0 Å². The summed E-state index contributed by atoms with van der Waals surface area (Å²) in [4.78, 5) is 3.30. The predicted molar refractivity (Wildman–Crippen MR) is 28.6 cm³/mol. The van der Waals surface area contributed by atoms with Crippen molar-refractivity contribution < 1.29 is 9.47 Å². The van der Waals surface area contributed by atoms with Crippen LogP contribution in [0.4, 0.5) is 4.53 Å². The first-order chi connectivity index (χ1) is 2.77. The van der Waals surface area contributed by atoms with Gasteiger partial charge in [0, 0.05) is 0 Å². The first-order valence-corrected chi connectivity index (χ1v) is 2.01. The van der Waals surface area contributed by atoms with Gasteiger partial charge in [0.1, 0.15) is 0 Å². The van der Waals surface area contributed by atoms with E-state index in [-0.39, 0.29) is 14.0 Å². The second kappa shape index (κ2) is 5.89. The van der Waals surface area contributed by atoms with Gasteiger partial charge in [-0.15, -0.1) is 0 Å². The van der Waals surface area contributed by atoms with Gasteiger partial charge in [-0.3, -0.25) is 0 Å². The highest BCUT2D eigenvalue weighted by atomic mass is 19.3. The Bertz CT molecular complexity index is 29.3. The summed E-state index contributed by atoms with van der Waals surface area (Å²) in [7, 11) is 0. The first-order valence-electron chi connectivity index (χ1n) is 2.01. The zero-order valence-corrected chi connectivity index (χ0v) is 4.07. The number of halogens is 1. The van der Waals surface area contributed by atoms with Crippen LogP contribution in [-0.2, 0) is 4.94 Å². The van der Waals surface area contributed by atoms with Crippen LogP contribution in [0.1, 0.15) is 21.3 Å². The van der Waals surface area contributed by atoms with Crippen molar-refractivity contribution in [3.05, 3.63) is 0 Å². The van der Waals surface area contributed by atoms with E-state index in [0.717, 1.165) is 0 Å². The Morgan fingerprint density at radius 3 is 2.00 bits per heavy atom. The maximum Gasteiger partial charge on any atom is 0.0899 e. The van der Waals surface area contributed by atoms with E-state index in [4.69, 9.17) is 0 Å². The van der Waals surface area contributed by atoms with E-state index < -0.39 is 0 Å². The van der Waals surface area contributed by atoms with E-state index in [1.807, 2.05) is 13.8 Å². The molecule has 46 valence electrons. The molecular weight excluding hydrogens is 95.1 g/mol. The molecule has 0 fully saturated rings. The highest BCUT2D eigenvalue weighted by Gasteiger charge is 1.88. The average molecular weight is 108 g/mol. The molecule has 0 aromatic carbocycles. The molecule has 0 atom stereocenters. The third kappa shape index (κ3) is 10.7. The Balaban J connectivity index is 0. The molecule has 2 heteroatoms. The Morgan fingerprint density at radius 2 is 2.00 bits per heavy atom. The maximum atomic E-state index is 10.7. The molecule has 0 unspecified atom stereocenters.